The van der Waals surface area contributed by atoms with Gasteiger partial charge in [0.15, 0.2) is 0 Å². The molecule has 1 unspecified atom stereocenters. The van der Waals surface area contributed by atoms with E-state index in [9.17, 15) is 4.79 Å². The number of rotatable bonds is 10. The fourth-order valence-electron chi connectivity index (χ4n) is 4.90. The first kappa shape index (κ1) is 22.5. The van der Waals surface area contributed by atoms with Gasteiger partial charge in [0.1, 0.15) is 0 Å². The van der Waals surface area contributed by atoms with Gasteiger partial charge in [-0.05, 0) is 49.1 Å². The number of hydrogen-bond donors (Lipinski definition) is 1. The van der Waals surface area contributed by atoms with Gasteiger partial charge in [-0.15, -0.1) is 0 Å². The maximum Gasteiger partial charge on any atom is 0.235 e. The normalized spacial score (nSPS) is 20.4. The monoisotopic (exact) mass is 437 g/mol. The maximum absolute atomic E-state index is 14.1. The molecule has 0 saturated heterocycles. The Kier molecular flexibility index (Phi) is 6.63. The molecular formula is C25H35N5O2. The average molecular weight is 438 g/mol. The molecule has 1 fully saturated rings. The van der Waals surface area contributed by atoms with Gasteiger partial charge < -0.3 is 15.0 Å². The fourth-order valence-corrected chi connectivity index (χ4v) is 4.90. The Balaban J connectivity index is 1.70. The summed E-state index contributed by atoms with van der Waals surface area (Å²) in [6, 6.07) is 3.84. The number of fused-ring (bicyclic) bond motifs is 1. The van der Waals surface area contributed by atoms with E-state index in [0.717, 1.165) is 48.5 Å². The minimum absolute atomic E-state index is 0.170. The standard InChI is InChI=1S/C25H35N5O2/c1-5-9-25(12-17(2)3)22-20(14-28-24(29-22)27-13-18-6-7-18)16-30(23(25)31)15-19-8-10-26-21(11-19)32-4/h8,10-11,14,17-18H,5-7,9,12-13,15-16H2,1-4H3,(H,27,28,29). The van der Waals surface area contributed by atoms with Crippen LogP contribution in [0.25, 0.3) is 0 Å². The third kappa shape index (κ3) is 4.71. The molecule has 1 aliphatic carbocycles. The van der Waals surface area contributed by atoms with Crippen molar-refractivity contribution in [2.24, 2.45) is 11.8 Å². The van der Waals surface area contributed by atoms with Crippen molar-refractivity contribution in [3.63, 3.8) is 0 Å². The van der Waals surface area contributed by atoms with E-state index < -0.39 is 5.41 Å². The molecule has 7 nitrogen and oxygen atoms in total. The van der Waals surface area contributed by atoms with Gasteiger partial charge in [-0.25, -0.2) is 15.0 Å². The second-order valence-electron chi connectivity index (χ2n) is 9.69. The van der Waals surface area contributed by atoms with Gasteiger partial charge in [0, 0.05) is 43.7 Å². The highest BCUT2D eigenvalue weighted by Gasteiger charge is 2.48. The van der Waals surface area contributed by atoms with Crippen LogP contribution in [0.2, 0.25) is 0 Å². The van der Waals surface area contributed by atoms with Crippen molar-refractivity contribution >= 4 is 11.9 Å². The maximum atomic E-state index is 14.1. The van der Waals surface area contributed by atoms with E-state index in [0.29, 0.717) is 30.8 Å². The molecule has 1 saturated carbocycles. The summed E-state index contributed by atoms with van der Waals surface area (Å²) in [5, 5.41) is 3.40. The number of ether oxygens (including phenoxy) is 1. The number of hydrogen-bond acceptors (Lipinski definition) is 6. The molecule has 172 valence electrons. The smallest absolute Gasteiger partial charge is 0.235 e. The lowest BCUT2D eigenvalue weighted by molar-refractivity contribution is -0.141. The van der Waals surface area contributed by atoms with E-state index in [1.807, 2.05) is 23.2 Å². The number of anilines is 1. The van der Waals surface area contributed by atoms with Gasteiger partial charge in [-0.3, -0.25) is 4.79 Å². The molecule has 3 heterocycles. The Hall–Kier alpha value is -2.70. The average Bonchev–Trinajstić information content (AvgIpc) is 3.60. The van der Waals surface area contributed by atoms with Crippen LogP contribution in [0.1, 0.15) is 69.7 Å². The van der Waals surface area contributed by atoms with Crippen LogP contribution in [0.5, 0.6) is 5.88 Å². The van der Waals surface area contributed by atoms with Crippen LogP contribution >= 0.6 is 0 Å². The topological polar surface area (TPSA) is 80.2 Å². The molecule has 1 aliphatic heterocycles. The lowest BCUT2D eigenvalue weighted by Crippen LogP contribution is -2.52. The summed E-state index contributed by atoms with van der Waals surface area (Å²) < 4.78 is 5.28. The Morgan fingerprint density at radius 3 is 2.81 bits per heavy atom. The molecule has 1 amide bonds. The number of methoxy groups -OCH3 is 1. The van der Waals surface area contributed by atoms with Crippen molar-refractivity contribution in [3.8, 4) is 5.88 Å². The number of pyridine rings is 1. The highest BCUT2D eigenvalue weighted by Crippen LogP contribution is 2.43. The molecule has 1 atom stereocenters. The quantitative estimate of drug-likeness (QED) is 0.596. The molecule has 32 heavy (non-hydrogen) atoms. The van der Waals surface area contributed by atoms with Crippen molar-refractivity contribution in [2.75, 3.05) is 19.0 Å². The van der Waals surface area contributed by atoms with Crippen LogP contribution in [0.4, 0.5) is 5.95 Å². The van der Waals surface area contributed by atoms with Crippen molar-refractivity contribution in [1.29, 1.82) is 0 Å². The van der Waals surface area contributed by atoms with Gasteiger partial charge >= 0.3 is 0 Å². The van der Waals surface area contributed by atoms with Crippen LogP contribution in [0.15, 0.2) is 24.5 Å². The summed E-state index contributed by atoms with van der Waals surface area (Å²) in [6.07, 6.45) is 8.69. The predicted octanol–water partition coefficient (Wildman–Crippen LogP) is 4.33. The van der Waals surface area contributed by atoms with Crippen LogP contribution in [-0.2, 0) is 23.3 Å². The highest BCUT2D eigenvalue weighted by molar-refractivity contribution is 5.89. The van der Waals surface area contributed by atoms with E-state index in [1.165, 1.54) is 12.8 Å². The van der Waals surface area contributed by atoms with Gasteiger partial charge in [0.25, 0.3) is 0 Å². The van der Waals surface area contributed by atoms with Gasteiger partial charge in [0.05, 0.1) is 18.2 Å². The van der Waals surface area contributed by atoms with Crippen LogP contribution in [0, 0.1) is 11.8 Å². The van der Waals surface area contributed by atoms with Crippen molar-refractivity contribution in [3.05, 3.63) is 41.3 Å². The molecule has 2 aromatic heterocycles. The van der Waals surface area contributed by atoms with E-state index in [1.54, 1.807) is 13.3 Å². The Labute approximate surface area is 191 Å². The first-order valence-electron chi connectivity index (χ1n) is 11.8. The van der Waals surface area contributed by atoms with E-state index in [-0.39, 0.29) is 5.91 Å². The fraction of sp³-hybridized carbons (Fsp3) is 0.600. The molecule has 0 spiro atoms. The lowest BCUT2D eigenvalue weighted by Gasteiger charge is -2.43. The van der Waals surface area contributed by atoms with Crippen LogP contribution < -0.4 is 10.1 Å². The SMILES string of the molecule is CCCC1(CC(C)C)C(=O)N(Cc2ccnc(OC)c2)Cc2cnc(NCC3CC3)nc21. The Morgan fingerprint density at radius 1 is 1.31 bits per heavy atom. The third-order valence-electron chi connectivity index (χ3n) is 6.44. The summed E-state index contributed by atoms with van der Waals surface area (Å²) in [5.41, 5.74) is 2.37. The summed E-state index contributed by atoms with van der Waals surface area (Å²) in [5.74, 6) is 2.49. The van der Waals surface area contributed by atoms with Crippen molar-refractivity contribution in [2.45, 2.75) is 71.4 Å². The summed E-state index contributed by atoms with van der Waals surface area (Å²) in [6.45, 7) is 8.46. The van der Waals surface area contributed by atoms with E-state index in [2.05, 4.69) is 36.1 Å². The number of aromatic nitrogens is 3. The number of nitrogens with zero attached hydrogens (tertiary/aromatic N) is 4. The zero-order valence-corrected chi connectivity index (χ0v) is 19.7. The van der Waals surface area contributed by atoms with Crippen molar-refractivity contribution < 1.29 is 9.53 Å². The summed E-state index contributed by atoms with van der Waals surface area (Å²) in [7, 11) is 1.61. The van der Waals surface area contributed by atoms with E-state index in [4.69, 9.17) is 9.72 Å². The predicted molar refractivity (Wildman–Crippen MR) is 124 cm³/mol. The van der Waals surface area contributed by atoms with Gasteiger partial charge in [0.2, 0.25) is 17.7 Å². The lowest BCUT2D eigenvalue weighted by atomic mass is 9.69. The molecule has 2 aliphatic rings. The molecule has 0 radical (unpaired) electrons. The molecule has 7 heteroatoms. The van der Waals surface area contributed by atoms with E-state index >= 15 is 0 Å². The number of nitrogens with one attached hydrogen (secondary N) is 1. The zero-order chi connectivity index (χ0) is 22.7. The van der Waals surface area contributed by atoms with Crippen LogP contribution in [-0.4, -0.2) is 39.4 Å². The largest absolute Gasteiger partial charge is 0.481 e. The highest BCUT2D eigenvalue weighted by atomic mass is 16.5. The Morgan fingerprint density at radius 2 is 2.12 bits per heavy atom. The number of amides is 1. The third-order valence-corrected chi connectivity index (χ3v) is 6.44. The number of carbonyl (C=O) groups excluding carboxylic acids is 1. The molecule has 2 aromatic rings. The van der Waals surface area contributed by atoms with Gasteiger partial charge in [-0.2, -0.15) is 0 Å². The molecular weight excluding hydrogens is 402 g/mol. The molecule has 1 N–H and O–H groups in total. The first-order chi connectivity index (χ1) is 15.4. The second-order valence-corrected chi connectivity index (χ2v) is 9.69. The van der Waals surface area contributed by atoms with Crippen molar-refractivity contribution in [1.82, 2.24) is 19.9 Å². The summed E-state index contributed by atoms with van der Waals surface area (Å²) >= 11 is 0. The number of carbonyl (C=O) groups is 1. The summed E-state index contributed by atoms with van der Waals surface area (Å²) in [4.78, 5) is 29.8. The minimum atomic E-state index is -0.618. The molecule has 4 rings (SSSR count). The first-order valence-corrected chi connectivity index (χ1v) is 11.8. The van der Waals surface area contributed by atoms with Crippen LogP contribution in [0.3, 0.4) is 0 Å². The second kappa shape index (κ2) is 9.43. The zero-order valence-electron chi connectivity index (χ0n) is 19.7. The molecule has 0 aromatic carbocycles. The molecule has 0 bridgehead atoms. The Bertz CT molecular complexity index is 959. The van der Waals surface area contributed by atoms with Gasteiger partial charge in [-0.1, -0.05) is 27.2 Å². The minimum Gasteiger partial charge on any atom is -0.481 e.